The monoisotopic (exact) mass is 314 g/mol. The minimum atomic E-state index is 0.323. The molecule has 4 rings (SSSR count). The lowest BCUT2D eigenvalue weighted by Crippen LogP contribution is -1.76. The molecular weight excluding hydrogens is 296 g/mol. The fraction of sp³-hybridized carbons (Fsp3) is 0. The summed E-state index contributed by atoms with van der Waals surface area (Å²) < 4.78 is 0. The maximum Gasteiger partial charge on any atom is 0.123 e. The Kier molecular flexibility index (Phi) is 4.78. The van der Waals surface area contributed by atoms with Gasteiger partial charge in [0.15, 0.2) is 0 Å². The predicted octanol–water partition coefficient (Wildman–Crippen LogP) is 5.60. The van der Waals surface area contributed by atoms with Crippen molar-refractivity contribution in [3.63, 3.8) is 0 Å². The van der Waals surface area contributed by atoms with Crippen molar-refractivity contribution in [3.8, 4) is 22.6 Å². The van der Waals surface area contributed by atoms with Gasteiger partial charge in [-0.25, -0.2) is 0 Å². The quantitative estimate of drug-likeness (QED) is 0.480. The van der Waals surface area contributed by atoms with Gasteiger partial charge in [-0.1, -0.05) is 78.9 Å². The molecule has 118 valence electrons. The number of hydrogen-bond acceptors (Lipinski definition) is 2. The van der Waals surface area contributed by atoms with Gasteiger partial charge < -0.3 is 10.2 Å². The van der Waals surface area contributed by atoms with E-state index in [-0.39, 0.29) is 0 Å². The van der Waals surface area contributed by atoms with Crippen LogP contribution in [0.3, 0.4) is 0 Å². The molecule has 0 spiro atoms. The van der Waals surface area contributed by atoms with E-state index in [0.29, 0.717) is 11.5 Å². The molecule has 0 aliphatic heterocycles. The molecule has 2 N–H and O–H groups in total. The van der Waals surface area contributed by atoms with Gasteiger partial charge in [0.2, 0.25) is 0 Å². The molecule has 0 fully saturated rings. The Labute approximate surface area is 141 Å². The van der Waals surface area contributed by atoms with E-state index in [1.807, 2.05) is 78.9 Å². The maximum atomic E-state index is 9.56. The van der Waals surface area contributed by atoms with E-state index in [0.717, 1.165) is 21.9 Å². The van der Waals surface area contributed by atoms with Crippen molar-refractivity contribution in [1.29, 1.82) is 0 Å². The summed E-state index contributed by atoms with van der Waals surface area (Å²) in [6.45, 7) is 0. The molecule has 4 aromatic carbocycles. The molecule has 2 heteroatoms. The Hall–Kier alpha value is -3.26. The van der Waals surface area contributed by atoms with Crippen LogP contribution < -0.4 is 0 Å². The van der Waals surface area contributed by atoms with Gasteiger partial charge in [0.25, 0.3) is 0 Å². The van der Waals surface area contributed by atoms with Crippen molar-refractivity contribution in [2.75, 3.05) is 0 Å². The average Bonchev–Trinajstić information content (AvgIpc) is 2.63. The third-order valence-corrected chi connectivity index (χ3v) is 3.72. The van der Waals surface area contributed by atoms with Gasteiger partial charge in [-0.2, -0.15) is 0 Å². The largest absolute Gasteiger partial charge is 0.508 e. The minimum Gasteiger partial charge on any atom is -0.508 e. The van der Waals surface area contributed by atoms with Gasteiger partial charge in [-0.15, -0.1) is 0 Å². The molecule has 0 saturated carbocycles. The SMILES string of the molecule is Oc1ccc2ccccc2c1.Oc1ccccc1-c1ccccc1. The molecule has 0 aliphatic rings. The summed E-state index contributed by atoms with van der Waals surface area (Å²) >= 11 is 0. The van der Waals surface area contributed by atoms with Crippen molar-refractivity contribution in [3.05, 3.63) is 97.1 Å². The molecule has 0 unspecified atom stereocenters. The van der Waals surface area contributed by atoms with E-state index >= 15 is 0 Å². The highest BCUT2D eigenvalue weighted by atomic mass is 16.3. The zero-order chi connectivity index (χ0) is 16.8. The summed E-state index contributed by atoms with van der Waals surface area (Å²) in [6, 6.07) is 30.5. The standard InChI is InChI=1S/C12H10O.C10H8O/c13-12-9-5-4-8-11(12)10-6-2-1-3-7-10;11-10-6-5-8-3-1-2-4-9(8)7-10/h1-9,13H;1-7,11H. The predicted molar refractivity (Wildman–Crippen MR) is 99.2 cm³/mol. The van der Waals surface area contributed by atoms with E-state index in [4.69, 9.17) is 5.11 Å². The smallest absolute Gasteiger partial charge is 0.123 e. The zero-order valence-corrected chi connectivity index (χ0v) is 13.1. The highest BCUT2D eigenvalue weighted by Crippen LogP contribution is 2.27. The van der Waals surface area contributed by atoms with Crippen molar-refractivity contribution in [1.82, 2.24) is 0 Å². The summed E-state index contributed by atoms with van der Waals surface area (Å²) in [5, 5.41) is 20.9. The van der Waals surface area contributed by atoms with Crippen LogP contribution in [0.1, 0.15) is 0 Å². The highest BCUT2D eigenvalue weighted by molar-refractivity contribution is 5.83. The van der Waals surface area contributed by atoms with Crippen molar-refractivity contribution in [2.24, 2.45) is 0 Å². The van der Waals surface area contributed by atoms with Gasteiger partial charge in [-0.05, 0) is 34.5 Å². The molecule has 0 heterocycles. The molecule has 2 nitrogen and oxygen atoms in total. The lowest BCUT2D eigenvalue weighted by molar-refractivity contribution is 0.476. The van der Waals surface area contributed by atoms with Crippen molar-refractivity contribution in [2.45, 2.75) is 0 Å². The highest BCUT2D eigenvalue weighted by Gasteiger charge is 2.00. The van der Waals surface area contributed by atoms with Gasteiger partial charge in [0.1, 0.15) is 11.5 Å². The summed E-state index contributed by atoms with van der Waals surface area (Å²) in [6.07, 6.45) is 0. The van der Waals surface area contributed by atoms with Gasteiger partial charge in [-0.3, -0.25) is 0 Å². The molecule has 0 saturated heterocycles. The van der Waals surface area contributed by atoms with Gasteiger partial charge in [0.05, 0.1) is 0 Å². The minimum absolute atomic E-state index is 0.323. The van der Waals surface area contributed by atoms with E-state index in [9.17, 15) is 5.11 Å². The molecule has 0 atom stereocenters. The van der Waals surface area contributed by atoms with E-state index in [1.165, 1.54) is 0 Å². The van der Waals surface area contributed by atoms with E-state index in [1.54, 1.807) is 18.2 Å². The first-order valence-corrected chi connectivity index (χ1v) is 7.75. The van der Waals surface area contributed by atoms with E-state index in [2.05, 4.69) is 0 Å². The first-order valence-electron chi connectivity index (χ1n) is 7.75. The third kappa shape index (κ3) is 3.73. The lowest BCUT2D eigenvalue weighted by Gasteiger charge is -2.02. The molecule has 0 radical (unpaired) electrons. The summed E-state index contributed by atoms with van der Waals surface area (Å²) in [5.74, 6) is 0.650. The molecule has 0 bridgehead atoms. The topological polar surface area (TPSA) is 40.5 Å². The van der Waals surface area contributed by atoms with Crippen LogP contribution in [0.15, 0.2) is 97.1 Å². The maximum absolute atomic E-state index is 9.56. The third-order valence-electron chi connectivity index (χ3n) is 3.72. The van der Waals surface area contributed by atoms with Crippen LogP contribution in [0.2, 0.25) is 0 Å². The molecule has 24 heavy (non-hydrogen) atoms. The summed E-state index contributed by atoms with van der Waals surface area (Å²) in [7, 11) is 0. The number of fused-ring (bicyclic) bond motifs is 1. The Balaban J connectivity index is 0.000000143. The zero-order valence-electron chi connectivity index (χ0n) is 13.1. The Morgan fingerprint density at radius 1 is 0.500 bits per heavy atom. The van der Waals surface area contributed by atoms with Gasteiger partial charge in [0, 0.05) is 5.56 Å². The van der Waals surface area contributed by atoms with Crippen LogP contribution in [0.25, 0.3) is 21.9 Å². The molecule has 0 aromatic heterocycles. The van der Waals surface area contributed by atoms with Crippen LogP contribution in [-0.4, -0.2) is 10.2 Å². The van der Waals surface area contributed by atoms with Crippen LogP contribution >= 0.6 is 0 Å². The summed E-state index contributed by atoms with van der Waals surface area (Å²) in [5.41, 5.74) is 1.92. The summed E-state index contributed by atoms with van der Waals surface area (Å²) in [4.78, 5) is 0. The Bertz CT molecular complexity index is 930. The molecule has 0 aliphatic carbocycles. The van der Waals surface area contributed by atoms with Crippen LogP contribution in [0, 0.1) is 0 Å². The van der Waals surface area contributed by atoms with Gasteiger partial charge >= 0.3 is 0 Å². The fourth-order valence-corrected chi connectivity index (χ4v) is 2.51. The second-order valence-corrected chi connectivity index (χ2v) is 5.41. The number of phenols is 2. The lowest BCUT2D eigenvalue weighted by atomic mass is 10.1. The van der Waals surface area contributed by atoms with Crippen LogP contribution in [0.4, 0.5) is 0 Å². The molecule has 0 amide bonds. The number of benzene rings is 4. The molecule has 4 aromatic rings. The first-order chi connectivity index (χ1) is 11.7. The number of hydrogen-bond donors (Lipinski definition) is 2. The second kappa shape index (κ2) is 7.34. The number of para-hydroxylation sites is 1. The van der Waals surface area contributed by atoms with Crippen LogP contribution in [-0.2, 0) is 0 Å². The number of phenolic OH excluding ortho intramolecular Hbond substituents is 2. The number of rotatable bonds is 1. The van der Waals surface area contributed by atoms with Crippen molar-refractivity contribution < 1.29 is 10.2 Å². The average molecular weight is 314 g/mol. The fourth-order valence-electron chi connectivity index (χ4n) is 2.51. The van der Waals surface area contributed by atoms with E-state index < -0.39 is 0 Å². The normalized spacial score (nSPS) is 10.0. The van der Waals surface area contributed by atoms with Crippen molar-refractivity contribution >= 4 is 10.8 Å². The number of aromatic hydroxyl groups is 2. The Morgan fingerprint density at radius 2 is 1.12 bits per heavy atom. The Morgan fingerprint density at radius 3 is 1.88 bits per heavy atom. The van der Waals surface area contributed by atoms with Crippen LogP contribution in [0.5, 0.6) is 11.5 Å². The second-order valence-electron chi connectivity index (χ2n) is 5.41. The molecular formula is C22H18O2. The first kappa shape index (κ1) is 15.6.